The molecule has 19 heavy (non-hydrogen) atoms. The summed E-state index contributed by atoms with van der Waals surface area (Å²) in [5.74, 6) is 0.644. The molecule has 2 N–H and O–H groups in total. The molecule has 0 bridgehead atoms. The molecule has 1 amide bonds. The Bertz CT molecular complexity index is 235. The summed E-state index contributed by atoms with van der Waals surface area (Å²) in [6.45, 7) is 8.36. The molecule has 2 unspecified atom stereocenters. The summed E-state index contributed by atoms with van der Waals surface area (Å²) in [5, 5.41) is 6.27. The number of carbonyl (C=O) groups is 1. The van der Waals surface area contributed by atoms with Crippen molar-refractivity contribution in [1.29, 1.82) is 0 Å². The molecule has 0 spiro atoms. The summed E-state index contributed by atoms with van der Waals surface area (Å²) in [4.78, 5) is 14.0. The van der Waals surface area contributed by atoms with Crippen LogP contribution in [0.15, 0.2) is 0 Å². The number of carbonyl (C=O) groups excluding carboxylic acids is 1. The van der Waals surface area contributed by atoms with E-state index < -0.39 is 0 Å². The molecular weight excluding hydrogens is 242 g/mol. The first-order valence-electron chi connectivity index (χ1n) is 7.04. The zero-order chi connectivity index (χ0) is 14.8. The van der Waals surface area contributed by atoms with Gasteiger partial charge >= 0.3 is 0 Å². The van der Waals surface area contributed by atoms with Gasteiger partial charge in [0.25, 0.3) is 0 Å². The molecule has 114 valence electrons. The molecule has 5 nitrogen and oxygen atoms in total. The van der Waals surface area contributed by atoms with E-state index in [1.807, 2.05) is 6.92 Å². The summed E-state index contributed by atoms with van der Waals surface area (Å²) < 4.78 is 4.92. The van der Waals surface area contributed by atoms with Crippen molar-refractivity contribution >= 4 is 5.91 Å². The third-order valence-corrected chi connectivity index (χ3v) is 2.83. The molecule has 0 aliphatic rings. The van der Waals surface area contributed by atoms with Crippen LogP contribution in [0.2, 0.25) is 0 Å². The van der Waals surface area contributed by atoms with Crippen molar-refractivity contribution in [3.8, 4) is 0 Å². The Kier molecular flexibility index (Phi) is 9.83. The van der Waals surface area contributed by atoms with Gasteiger partial charge in [-0.2, -0.15) is 0 Å². The first-order valence-corrected chi connectivity index (χ1v) is 7.04. The van der Waals surface area contributed by atoms with Crippen LogP contribution in [0, 0.1) is 5.92 Å². The quantitative estimate of drug-likeness (QED) is 0.576. The van der Waals surface area contributed by atoms with E-state index >= 15 is 0 Å². The first kappa shape index (κ1) is 18.4. The first-order chi connectivity index (χ1) is 8.86. The Balaban J connectivity index is 4.19. The predicted octanol–water partition coefficient (Wildman–Crippen LogP) is 0.703. The third-order valence-electron chi connectivity index (χ3n) is 2.83. The molecule has 0 rings (SSSR count). The van der Waals surface area contributed by atoms with Crippen molar-refractivity contribution in [2.45, 2.75) is 39.3 Å². The number of nitrogens with one attached hydrogen (secondary N) is 2. The average molecular weight is 273 g/mol. The lowest BCUT2D eigenvalue weighted by atomic mass is 10.0. The fraction of sp³-hybridized carbons (Fsp3) is 0.929. The zero-order valence-electron chi connectivity index (χ0n) is 13.3. The van der Waals surface area contributed by atoms with E-state index in [1.54, 1.807) is 7.11 Å². The van der Waals surface area contributed by atoms with Gasteiger partial charge in [0.1, 0.15) is 0 Å². The summed E-state index contributed by atoms with van der Waals surface area (Å²) in [7, 11) is 5.74. The van der Waals surface area contributed by atoms with E-state index in [9.17, 15) is 4.79 Å². The molecule has 5 heteroatoms. The number of ether oxygens (including phenoxy) is 1. The Morgan fingerprint density at radius 3 is 2.37 bits per heavy atom. The minimum atomic E-state index is -0.180. The van der Waals surface area contributed by atoms with Gasteiger partial charge < -0.3 is 20.3 Å². The smallest absolute Gasteiger partial charge is 0.236 e. The topological polar surface area (TPSA) is 53.6 Å². The van der Waals surface area contributed by atoms with Crippen molar-refractivity contribution in [1.82, 2.24) is 15.5 Å². The highest BCUT2D eigenvalue weighted by Gasteiger charge is 2.18. The molecule has 0 aromatic carbocycles. The highest BCUT2D eigenvalue weighted by molar-refractivity contribution is 5.81. The van der Waals surface area contributed by atoms with Gasteiger partial charge in [-0.15, -0.1) is 0 Å². The molecule has 0 saturated heterocycles. The van der Waals surface area contributed by atoms with Gasteiger partial charge in [-0.25, -0.2) is 0 Å². The Morgan fingerprint density at radius 2 is 1.89 bits per heavy atom. The maximum Gasteiger partial charge on any atom is 0.236 e. The van der Waals surface area contributed by atoms with Crippen molar-refractivity contribution in [2.75, 3.05) is 40.9 Å². The minimum Gasteiger partial charge on any atom is -0.383 e. The second kappa shape index (κ2) is 10.2. The highest BCUT2D eigenvalue weighted by Crippen LogP contribution is 2.06. The summed E-state index contributed by atoms with van der Waals surface area (Å²) in [6.07, 6.45) is 1.06. The van der Waals surface area contributed by atoms with Gasteiger partial charge in [0.05, 0.1) is 12.6 Å². The Labute approximate surface area is 118 Å². The van der Waals surface area contributed by atoms with E-state index in [2.05, 4.69) is 43.5 Å². The van der Waals surface area contributed by atoms with Crippen LogP contribution in [0.5, 0.6) is 0 Å². The number of rotatable bonds is 10. The SMILES string of the molecule is COCCNC(=O)C(C)NC(CC(C)C)CN(C)C. The lowest BCUT2D eigenvalue weighted by Crippen LogP contribution is -2.50. The standard InChI is InChI=1S/C14H31N3O2/c1-11(2)9-13(10-17(4)5)16-12(3)14(18)15-7-8-19-6/h11-13,16H,7-10H2,1-6H3,(H,15,18). The molecule has 0 aromatic heterocycles. The van der Waals surface area contributed by atoms with Crippen molar-refractivity contribution in [2.24, 2.45) is 5.92 Å². The van der Waals surface area contributed by atoms with E-state index in [-0.39, 0.29) is 11.9 Å². The van der Waals surface area contributed by atoms with Crippen LogP contribution < -0.4 is 10.6 Å². The van der Waals surface area contributed by atoms with E-state index in [1.165, 1.54) is 0 Å². The fourth-order valence-electron chi connectivity index (χ4n) is 2.06. The largest absolute Gasteiger partial charge is 0.383 e. The van der Waals surface area contributed by atoms with Gasteiger partial charge in [0.2, 0.25) is 5.91 Å². The number of likely N-dealkylation sites (N-methyl/N-ethyl adjacent to an activating group) is 1. The molecule has 0 aliphatic heterocycles. The van der Waals surface area contributed by atoms with Crippen LogP contribution >= 0.6 is 0 Å². The minimum absolute atomic E-state index is 0.0320. The maximum absolute atomic E-state index is 11.9. The summed E-state index contributed by atoms with van der Waals surface area (Å²) in [5.41, 5.74) is 0. The van der Waals surface area contributed by atoms with Crippen LogP contribution in [0.1, 0.15) is 27.2 Å². The van der Waals surface area contributed by atoms with Crippen molar-refractivity contribution in [3.63, 3.8) is 0 Å². The number of hydrogen-bond donors (Lipinski definition) is 2. The molecule has 0 aliphatic carbocycles. The van der Waals surface area contributed by atoms with E-state index in [4.69, 9.17) is 4.74 Å². The van der Waals surface area contributed by atoms with Crippen LogP contribution in [-0.2, 0) is 9.53 Å². The number of hydrogen-bond acceptors (Lipinski definition) is 4. The second-order valence-corrected chi connectivity index (χ2v) is 5.76. The Hall–Kier alpha value is -0.650. The normalized spacial score (nSPS) is 14.7. The maximum atomic E-state index is 11.9. The van der Waals surface area contributed by atoms with Gasteiger partial charge in [0, 0.05) is 26.2 Å². The molecule has 2 atom stereocenters. The molecule has 0 fully saturated rings. The molecular formula is C14H31N3O2. The van der Waals surface area contributed by atoms with Crippen LogP contribution in [-0.4, -0.2) is 63.8 Å². The molecule has 0 heterocycles. The lowest BCUT2D eigenvalue weighted by Gasteiger charge is -2.27. The summed E-state index contributed by atoms with van der Waals surface area (Å²) >= 11 is 0. The Morgan fingerprint density at radius 1 is 1.26 bits per heavy atom. The van der Waals surface area contributed by atoms with Crippen LogP contribution in [0.3, 0.4) is 0 Å². The number of nitrogens with zero attached hydrogens (tertiary/aromatic N) is 1. The molecule has 0 radical (unpaired) electrons. The zero-order valence-corrected chi connectivity index (χ0v) is 13.3. The predicted molar refractivity (Wildman–Crippen MR) is 79.3 cm³/mol. The third kappa shape index (κ3) is 9.87. The van der Waals surface area contributed by atoms with Crippen LogP contribution in [0.25, 0.3) is 0 Å². The van der Waals surface area contributed by atoms with Gasteiger partial charge in [0.15, 0.2) is 0 Å². The number of methoxy groups -OCH3 is 1. The van der Waals surface area contributed by atoms with Crippen molar-refractivity contribution < 1.29 is 9.53 Å². The van der Waals surface area contributed by atoms with E-state index in [0.717, 1.165) is 13.0 Å². The van der Waals surface area contributed by atoms with Gasteiger partial charge in [-0.1, -0.05) is 13.8 Å². The highest BCUT2D eigenvalue weighted by atomic mass is 16.5. The monoisotopic (exact) mass is 273 g/mol. The van der Waals surface area contributed by atoms with E-state index in [0.29, 0.717) is 25.1 Å². The average Bonchev–Trinajstić information content (AvgIpc) is 2.27. The van der Waals surface area contributed by atoms with Gasteiger partial charge in [-0.05, 0) is 33.4 Å². The summed E-state index contributed by atoms with van der Waals surface area (Å²) in [6, 6.07) is 0.152. The van der Waals surface area contributed by atoms with Crippen molar-refractivity contribution in [3.05, 3.63) is 0 Å². The molecule has 0 saturated carbocycles. The van der Waals surface area contributed by atoms with Gasteiger partial charge in [-0.3, -0.25) is 4.79 Å². The fourth-order valence-corrected chi connectivity index (χ4v) is 2.06. The second-order valence-electron chi connectivity index (χ2n) is 5.76. The lowest BCUT2D eigenvalue weighted by molar-refractivity contribution is -0.123. The molecule has 0 aromatic rings. The van der Waals surface area contributed by atoms with Crippen LogP contribution in [0.4, 0.5) is 0 Å². The number of amides is 1.